The topological polar surface area (TPSA) is 70.6 Å². The molecule has 142 valence electrons. The summed E-state index contributed by atoms with van der Waals surface area (Å²) in [4.78, 5) is 27.4. The van der Waals surface area contributed by atoms with E-state index in [2.05, 4.69) is 45.9 Å². The first kappa shape index (κ1) is 19.0. The number of nitrogens with one attached hydrogen (secondary N) is 1. The van der Waals surface area contributed by atoms with Crippen molar-refractivity contribution in [3.8, 4) is 0 Å². The Kier molecular flexibility index (Phi) is 6.39. The highest BCUT2D eigenvalue weighted by Crippen LogP contribution is 2.31. The number of hydrogen-bond acceptors (Lipinski definition) is 7. The SMILES string of the molecule is CCN(CC)CCNC(=O)c1nc(N2CCOCC2)c2c(C)scc2n1. The van der Waals surface area contributed by atoms with Gasteiger partial charge in [0, 0.05) is 36.4 Å². The molecule has 3 rings (SSSR count). The zero-order valence-electron chi connectivity index (χ0n) is 15.7. The van der Waals surface area contributed by atoms with E-state index in [1.54, 1.807) is 11.3 Å². The zero-order chi connectivity index (χ0) is 18.5. The van der Waals surface area contributed by atoms with Gasteiger partial charge >= 0.3 is 0 Å². The first-order chi connectivity index (χ1) is 12.6. The third kappa shape index (κ3) is 4.13. The van der Waals surface area contributed by atoms with Gasteiger partial charge in [-0.1, -0.05) is 13.8 Å². The number of anilines is 1. The lowest BCUT2D eigenvalue weighted by Gasteiger charge is -2.28. The Hall–Kier alpha value is -1.77. The van der Waals surface area contributed by atoms with Crippen LogP contribution in [0.4, 0.5) is 5.82 Å². The van der Waals surface area contributed by atoms with Crippen LogP contribution >= 0.6 is 11.3 Å². The minimum absolute atomic E-state index is 0.211. The number of aromatic nitrogens is 2. The average molecular weight is 378 g/mol. The Balaban J connectivity index is 1.81. The average Bonchev–Trinajstić information content (AvgIpc) is 3.06. The summed E-state index contributed by atoms with van der Waals surface area (Å²) in [7, 11) is 0. The van der Waals surface area contributed by atoms with Crippen LogP contribution in [-0.2, 0) is 4.74 Å². The number of thiophene rings is 1. The van der Waals surface area contributed by atoms with Crippen molar-refractivity contribution >= 4 is 34.0 Å². The summed E-state index contributed by atoms with van der Waals surface area (Å²) in [6.07, 6.45) is 0. The summed E-state index contributed by atoms with van der Waals surface area (Å²) in [6.45, 7) is 12.6. The fourth-order valence-corrected chi connectivity index (χ4v) is 3.92. The molecule has 0 bridgehead atoms. The van der Waals surface area contributed by atoms with Gasteiger partial charge in [0.25, 0.3) is 5.91 Å². The third-order valence-corrected chi connectivity index (χ3v) is 5.64. The van der Waals surface area contributed by atoms with Gasteiger partial charge in [-0.2, -0.15) is 0 Å². The standard InChI is InChI=1S/C18H27N5O2S/c1-4-22(5-2)7-6-19-18(24)16-20-14-12-26-13(3)15(14)17(21-16)23-8-10-25-11-9-23/h12H,4-11H2,1-3H3,(H,19,24). The van der Waals surface area contributed by atoms with E-state index < -0.39 is 0 Å². The summed E-state index contributed by atoms with van der Waals surface area (Å²) < 4.78 is 5.45. The number of amides is 1. The van der Waals surface area contributed by atoms with Crippen LogP contribution in [0.5, 0.6) is 0 Å². The lowest BCUT2D eigenvalue weighted by Crippen LogP contribution is -2.38. The van der Waals surface area contributed by atoms with Gasteiger partial charge in [-0.05, 0) is 20.0 Å². The Morgan fingerprint density at radius 3 is 2.73 bits per heavy atom. The van der Waals surface area contributed by atoms with Crippen LogP contribution < -0.4 is 10.2 Å². The van der Waals surface area contributed by atoms with E-state index in [1.807, 2.05) is 5.38 Å². The van der Waals surface area contributed by atoms with Crippen LogP contribution in [0, 0.1) is 6.92 Å². The van der Waals surface area contributed by atoms with Gasteiger partial charge in [0.2, 0.25) is 5.82 Å². The maximum absolute atomic E-state index is 12.6. The molecular formula is C18H27N5O2S. The predicted molar refractivity (Wildman–Crippen MR) is 105 cm³/mol. The number of morpholine rings is 1. The maximum Gasteiger partial charge on any atom is 0.289 e. The molecule has 1 amide bonds. The van der Waals surface area contributed by atoms with Crippen molar-refractivity contribution in [2.24, 2.45) is 0 Å². The highest BCUT2D eigenvalue weighted by molar-refractivity contribution is 7.11. The zero-order valence-corrected chi connectivity index (χ0v) is 16.6. The summed E-state index contributed by atoms with van der Waals surface area (Å²) in [5, 5.41) is 6.01. The van der Waals surface area contributed by atoms with Crippen molar-refractivity contribution in [3.63, 3.8) is 0 Å². The van der Waals surface area contributed by atoms with Crippen LogP contribution in [0.15, 0.2) is 5.38 Å². The number of nitrogens with zero attached hydrogens (tertiary/aromatic N) is 4. The summed E-state index contributed by atoms with van der Waals surface area (Å²) in [5.74, 6) is 0.889. The Bertz CT molecular complexity index is 753. The molecule has 1 fully saturated rings. The lowest BCUT2D eigenvalue weighted by atomic mass is 10.2. The van der Waals surface area contributed by atoms with E-state index in [0.717, 1.165) is 49.4 Å². The van der Waals surface area contributed by atoms with E-state index in [1.165, 1.54) is 4.88 Å². The molecule has 3 heterocycles. The van der Waals surface area contributed by atoms with E-state index >= 15 is 0 Å². The predicted octanol–water partition coefficient (Wildman–Crippen LogP) is 1.91. The number of ether oxygens (including phenoxy) is 1. The summed E-state index contributed by atoms with van der Waals surface area (Å²) in [5.41, 5.74) is 0.845. The molecule has 0 atom stereocenters. The van der Waals surface area contributed by atoms with Gasteiger partial charge in [0.1, 0.15) is 5.82 Å². The number of carbonyl (C=O) groups is 1. The second-order valence-electron chi connectivity index (χ2n) is 6.31. The highest BCUT2D eigenvalue weighted by Gasteiger charge is 2.21. The molecule has 0 radical (unpaired) electrons. The third-order valence-electron chi connectivity index (χ3n) is 4.74. The van der Waals surface area contributed by atoms with Crippen molar-refractivity contribution in [1.82, 2.24) is 20.2 Å². The fraction of sp³-hybridized carbons (Fsp3) is 0.611. The Morgan fingerprint density at radius 1 is 1.31 bits per heavy atom. The number of fused-ring (bicyclic) bond motifs is 1. The number of aryl methyl sites for hydroxylation is 1. The molecule has 2 aromatic heterocycles. The minimum atomic E-state index is -0.211. The summed E-state index contributed by atoms with van der Waals surface area (Å²) in [6, 6.07) is 0. The molecular weight excluding hydrogens is 350 g/mol. The van der Waals surface area contributed by atoms with Gasteiger partial charge < -0.3 is 19.9 Å². The van der Waals surface area contributed by atoms with Crippen LogP contribution in [0.3, 0.4) is 0 Å². The summed E-state index contributed by atoms with van der Waals surface area (Å²) >= 11 is 1.65. The second-order valence-corrected chi connectivity index (χ2v) is 7.39. The van der Waals surface area contributed by atoms with E-state index in [4.69, 9.17) is 4.74 Å². The van der Waals surface area contributed by atoms with Crippen LogP contribution in [-0.4, -0.2) is 73.3 Å². The lowest BCUT2D eigenvalue weighted by molar-refractivity contribution is 0.0938. The Labute approximate surface area is 158 Å². The number of rotatable bonds is 7. The van der Waals surface area contributed by atoms with Crippen molar-refractivity contribution < 1.29 is 9.53 Å². The smallest absolute Gasteiger partial charge is 0.289 e. The molecule has 1 aliphatic rings. The molecule has 1 N–H and O–H groups in total. The van der Waals surface area contributed by atoms with Crippen molar-refractivity contribution in [3.05, 3.63) is 16.1 Å². The van der Waals surface area contributed by atoms with Gasteiger partial charge in [0.05, 0.1) is 24.1 Å². The normalized spacial score (nSPS) is 15.0. The fourth-order valence-electron chi connectivity index (χ4n) is 3.14. The molecule has 2 aromatic rings. The van der Waals surface area contributed by atoms with Gasteiger partial charge in [-0.15, -0.1) is 11.3 Å². The maximum atomic E-state index is 12.6. The molecule has 1 saturated heterocycles. The van der Waals surface area contributed by atoms with Crippen LogP contribution in [0.1, 0.15) is 29.3 Å². The van der Waals surface area contributed by atoms with E-state index in [0.29, 0.717) is 19.8 Å². The van der Waals surface area contributed by atoms with Crippen molar-refractivity contribution in [1.29, 1.82) is 0 Å². The van der Waals surface area contributed by atoms with Crippen LogP contribution in [0.25, 0.3) is 10.9 Å². The molecule has 0 saturated carbocycles. The quantitative estimate of drug-likeness (QED) is 0.795. The molecule has 26 heavy (non-hydrogen) atoms. The van der Waals surface area contributed by atoms with Gasteiger partial charge in [-0.25, -0.2) is 9.97 Å². The van der Waals surface area contributed by atoms with Crippen molar-refractivity contribution in [2.75, 3.05) is 57.4 Å². The van der Waals surface area contributed by atoms with Crippen molar-refractivity contribution in [2.45, 2.75) is 20.8 Å². The van der Waals surface area contributed by atoms with E-state index in [9.17, 15) is 4.79 Å². The molecule has 0 aromatic carbocycles. The van der Waals surface area contributed by atoms with Gasteiger partial charge in [0.15, 0.2) is 0 Å². The molecule has 7 nitrogen and oxygen atoms in total. The molecule has 0 spiro atoms. The van der Waals surface area contributed by atoms with E-state index in [-0.39, 0.29) is 11.7 Å². The second kappa shape index (κ2) is 8.75. The van der Waals surface area contributed by atoms with Gasteiger partial charge in [-0.3, -0.25) is 4.79 Å². The molecule has 0 aliphatic carbocycles. The molecule has 0 unspecified atom stereocenters. The number of hydrogen-bond donors (Lipinski definition) is 1. The number of likely N-dealkylation sites (N-methyl/N-ethyl adjacent to an activating group) is 1. The number of carbonyl (C=O) groups excluding carboxylic acids is 1. The largest absolute Gasteiger partial charge is 0.378 e. The Morgan fingerprint density at radius 2 is 2.04 bits per heavy atom. The molecule has 8 heteroatoms. The first-order valence-corrected chi connectivity index (χ1v) is 10.1. The molecule has 1 aliphatic heterocycles. The minimum Gasteiger partial charge on any atom is -0.378 e. The monoisotopic (exact) mass is 377 g/mol. The first-order valence-electron chi connectivity index (χ1n) is 9.23. The highest BCUT2D eigenvalue weighted by atomic mass is 32.1. The van der Waals surface area contributed by atoms with Crippen LogP contribution in [0.2, 0.25) is 0 Å².